The topological polar surface area (TPSA) is 76.1 Å². The highest BCUT2D eigenvalue weighted by Crippen LogP contribution is 2.28. The van der Waals surface area contributed by atoms with Gasteiger partial charge in [0.15, 0.2) is 0 Å². The molecule has 39 heavy (non-hydrogen) atoms. The van der Waals surface area contributed by atoms with E-state index >= 15 is 0 Å². The van der Waals surface area contributed by atoms with Crippen molar-refractivity contribution in [3.8, 4) is 22.6 Å². The Labute approximate surface area is 226 Å². The lowest BCUT2D eigenvalue weighted by Crippen LogP contribution is -2.36. The SMILES string of the molecule is CC(C)N(Cc1cccc(OCCCCCC(=O)O)c1)C(=O)c1ccc(-c2cccc(OC(F)(F)F)c2)cc1. The summed E-state index contributed by atoms with van der Waals surface area (Å²) in [6.45, 7) is 4.70. The number of carbonyl (C=O) groups is 2. The van der Waals surface area contributed by atoms with E-state index in [1.165, 1.54) is 18.2 Å². The molecule has 1 N–H and O–H groups in total. The Morgan fingerprint density at radius 2 is 1.56 bits per heavy atom. The number of nitrogens with zero attached hydrogens (tertiary/aromatic N) is 1. The Morgan fingerprint density at radius 1 is 0.872 bits per heavy atom. The molecule has 0 aliphatic heterocycles. The molecule has 3 aromatic rings. The van der Waals surface area contributed by atoms with Crippen molar-refractivity contribution < 1.29 is 37.3 Å². The van der Waals surface area contributed by atoms with Crippen molar-refractivity contribution in [2.45, 2.75) is 58.5 Å². The summed E-state index contributed by atoms with van der Waals surface area (Å²) in [5.74, 6) is -0.595. The summed E-state index contributed by atoms with van der Waals surface area (Å²) in [7, 11) is 0. The van der Waals surface area contributed by atoms with E-state index in [4.69, 9.17) is 9.84 Å². The number of amides is 1. The number of hydrogen-bond donors (Lipinski definition) is 1. The predicted octanol–water partition coefficient (Wildman–Crippen LogP) is 7.33. The van der Waals surface area contributed by atoms with Crippen LogP contribution in [0.15, 0.2) is 72.8 Å². The smallest absolute Gasteiger partial charge is 0.494 e. The van der Waals surface area contributed by atoms with Gasteiger partial charge in [0.25, 0.3) is 5.91 Å². The molecule has 0 aliphatic rings. The summed E-state index contributed by atoms with van der Waals surface area (Å²) in [6.07, 6.45) is -2.48. The Bertz CT molecular complexity index is 1240. The van der Waals surface area contributed by atoms with Crippen molar-refractivity contribution in [1.82, 2.24) is 4.90 Å². The van der Waals surface area contributed by atoms with E-state index in [-0.39, 0.29) is 24.1 Å². The maximum atomic E-state index is 13.4. The zero-order valence-electron chi connectivity index (χ0n) is 21.9. The second-order valence-corrected chi connectivity index (χ2v) is 9.38. The number of aliphatic carboxylic acids is 1. The van der Waals surface area contributed by atoms with Crippen LogP contribution in [0.3, 0.4) is 0 Å². The molecule has 0 unspecified atom stereocenters. The molecule has 0 aliphatic carbocycles. The molecule has 0 spiro atoms. The van der Waals surface area contributed by atoms with Gasteiger partial charge in [-0.05, 0) is 86.2 Å². The van der Waals surface area contributed by atoms with E-state index in [0.717, 1.165) is 18.4 Å². The number of alkyl halides is 3. The number of carbonyl (C=O) groups excluding carboxylic acids is 1. The molecule has 0 bridgehead atoms. The lowest BCUT2D eigenvalue weighted by molar-refractivity contribution is -0.274. The van der Waals surface area contributed by atoms with E-state index < -0.39 is 12.3 Å². The number of hydrogen-bond acceptors (Lipinski definition) is 4. The first-order valence-corrected chi connectivity index (χ1v) is 12.7. The van der Waals surface area contributed by atoms with Gasteiger partial charge in [0.05, 0.1) is 6.61 Å². The van der Waals surface area contributed by atoms with Crippen LogP contribution in [0.1, 0.15) is 55.5 Å². The minimum Gasteiger partial charge on any atom is -0.494 e. The molecule has 3 aromatic carbocycles. The number of carboxylic acid groups (broad SMARTS) is 1. The van der Waals surface area contributed by atoms with Gasteiger partial charge in [0, 0.05) is 24.6 Å². The highest BCUT2D eigenvalue weighted by Gasteiger charge is 2.31. The lowest BCUT2D eigenvalue weighted by Gasteiger charge is -2.27. The van der Waals surface area contributed by atoms with Gasteiger partial charge in [-0.1, -0.05) is 36.4 Å². The average molecular weight is 544 g/mol. The van der Waals surface area contributed by atoms with Crippen LogP contribution in [0.5, 0.6) is 11.5 Å². The third kappa shape index (κ3) is 9.67. The molecule has 9 heteroatoms. The van der Waals surface area contributed by atoms with Crippen molar-refractivity contribution in [2.24, 2.45) is 0 Å². The van der Waals surface area contributed by atoms with Crippen LogP contribution < -0.4 is 9.47 Å². The van der Waals surface area contributed by atoms with Gasteiger partial charge in [-0.2, -0.15) is 0 Å². The molecule has 0 atom stereocenters. The Balaban J connectivity index is 1.64. The summed E-state index contributed by atoms with van der Waals surface area (Å²) in [6, 6.07) is 19.8. The number of unbranched alkanes of at least 4 members (excludes halogenated alkanes) is 2. The van der Waals surface area contributed by atoms with Crippen molar-refractivity contribution in [1.29, 1.82) is 0 Å². The number of ether oxygens (including phenoxy) is 2. The minimum absolute atomic E-state index is 0.0906. The van der Waals surface area contributed by atoms with Crippen LogP contribution in [0, 0.1) is 0 Å². The molecule has 0 radical (unpaired) electrons. The molecule has 3 rings (SSSR count). The Kier molecular flexibility index (Phi) is 10.4. The van der Waals surface area contributed by atoms with Gasteiger partial charge < -0.3 is 19.5 Å². The highest BCUT2D eigenvalue weighted by molar-refractivity contribution is 5.95. The van der Waals surface area contributed by atoms with Crippen LogP contribution in [0.2, 0.25) is 0 Å². The summed E-state index contributed by atoms with van der Waals surface area (Å²) in [5.41, 5.74) is 2.56. The van der Waals surface area contributed by atoms with Gasteiger partial charge in [-0.25, -0.2) is 0 Å². The van der Waals surface area contributed by atoms with Crippen LogP contribution in [0.25, 0.3) is 11.1 Å². The summed E-state index contributed by atoms with van der Waals surface area (Å²) < 4.78 is 47.5. The molecular weight excluding hydrogens is 511 g/mol. The molecule has 208 valence electrons. The second-order valence-electron chi connectivity index (χ2n) is 9.38. The molecule has 1 amide bonds. The number of benzene rings is 3. The standard InChI is InChI=1S/C30H32F3NO5/c1-21(2)34(20-22-8-6-10-26(18-22)38-17-5-3-4-12-28(35)36)29(37)24-15-13-23(14-16-24)25-9-7-11-27(19-25)39-30(31,32)33/h6-11,13-16,18-19,21H,3-5,12,17,20H2,1-2H3,(H,35,36). The van der Waals surface area contributed by atoms with Crippen LogP contribution in [-0.4, -0.2) is 40.9 Å². The fourth-order valence-electron chi connectivity index (χ4n) is 4.01. The van der Waals surface area contributed by atoms with E-state index in [1.54, 1.807) is 35.2 Å². The quantitative estimate of drug-likeness (QED) is 0.229. The number of carboxylic acids is 1. The number of halogens is 3. The molecule has 6 nitrogen and oxygen atoms in total. The molecule has 0 aromatic heterocycles. The van der Waals surface area contributed by atoms with Crippen molar-refractivity contribution in [3.05, 3.63) is 83.9 Å². The zero-order valence-corrected chi connectivity index (χ0v) is 21.9. The largest absolute Gasteiger partial charge is 0.573 e. The Hall–Kier alpha value is -4.01. The maximum absolute atomic E-state index is 13.4. The van der Waals surface area contributed by atoms with Crippen molar-refractivity contribution in [2.75, 3.05) is 6.61 Å². The average Bonchev–Trinajstić information content (AvgIpc) is 2.88. The first kappa shape index (κ1) is 29.5. The summed E-state index contributed by atoms with van der Waals surface area (Å²) in [5, 5.41) is 8.71. The first-order chi connectivity index (χ1) is 18.5. The first-order valence-electron chi connectivity index (χ1n) is 12.7. The number of rotatable bonds is 13. The molecule has 0 saturated carbocycles. The van der Waals surface area contributed by atoms with Gasteiger partial charge >= 0.3 is 12.3 Å². The van der Waals surface area contributed by atoms with Gasteiger partial charge in [0.2, 0.25) is 0 Å². The molecular formula is C30H32F3NO5. The fourth-order valence-corrected chi connectivity index (χ4v) is 4.01. The summed E-state index contributed by atoms with van der Waals surface area (Å²) >= 11 is 0. The van der Waals surface area contributed by atoms with E-state index in [1.807, 2.05) is 38.1 Å². The third-order valence-corrected chi connectivity index (χ3v) is 5.97. The van der Waals surface area contributed by atoms with Crippen LogP contribution >= 0.6 is 0 Å². The molecule has 0 fully saturated rings. The molecule has 0 saturated heterocycles. The van der Waals surface area contributed by atoms with E-state index in [2.05, 4.69) is 4.74 Å². The van der Waals surface area contributed by atoms with Crippen molar-refractivity contribution in [3.63, 3.8) is 0 Å². The predicted molar refractivity (Wildman–Crippen MR) is 142 cm³/mol. The van der Waals surface area contributed by atoms with Gasteiger partial charge in [0.1, 0.15) is 11.5 Å². The zero-order chi connectivity index (χ0) is 28.4. The maximum Gasteiger partial charge on any atom is 0.573 e. The van der Waals surface area contributed by atoms with Crippen LogP contribution in [-0.2, 0) is 11.3 Å². The molecule has 0 heterocycles. The summed E-state index contributed by atoms with van der Waals surface area (Å²) in [4.78, 5) is 25.7. The van der Waals surface area contributed by atoms with E-state index in [9.17, 15) is 22.8 Å². The van der Waals surface area contributed by atoms with Crippen LogP contribution in [0.4, 0.5) is 13.2 Å². The lowest BCUT2D eigenvalue weighted by atomic mass is 10.0. The minimum atomic E-state index is -4.77. The van der Waals surface area contributed by atoms with Gasteiger partial charge in [-0.3, -0.25) is 9.59 Å². The van der Waals surface area contributed by atoms with E-state index in [0.29, 0.717) is 42.0 Å². The monoisotopic (exact) mass is 543 g/mol. The fraction of sp³-hybridized carbons (Fsp3) is 0.333. The Morgan fingerprint density at radius 3 is 2.23 bits per heavy atom. The second kappa shape index (κ2) is 13.7. The van der Waals surface area contributed by atoms with Gasteiger partial charge in [-0.15, -0.1) is 13.2 Å². The third-order valence-electron chi connectivity index (χ3n) is 5.97. The highest BCUT2D eigenvalue weighted by atomic mass is 19.4. The normalized spacial score (nSPS) is 11.3. The van der Waals surface area contributed by atoms with Crippen molar-refractivity contribution >= 4 is 11.9 Å².